The molecule has 1 heterocycles. The number of aromatic amines is 1. The quantitative estimate of drug-likeness (QED) is 0.657. The molecule has 2 nitrogen and oxygen atoms in total. The average molecular weight is 296 g/mol. The number of nitrogens with one attached hydrogen (secondary N) is 1. The number of halogens is 3. The SMILES string of the molecule is Cc1c(-c2cc(F)c(F)cc2F)[nH]c(C2CC2)nc1=S. The van der Waals surface area contributed by atoms with Crippen LogP contribution in [-0.2, 0) is 0 Å². The van der Waals surface area contributed by atoms with Crippen LogP contribution in [0.1, 0.15) is 30.1 Å². The monoisotopic (exact) mass is 296 g/mol. The van der Waals surface area contributed by atoms with Gasteiger partial charge in [0, 0.05) is 23.1 Å². The molecule has 0 bridgehead atoms. The molecule has 1 aliphatic carbocycles. The van der Waals surface area contributed by atoms with Crippen LogP contribution in [-0.4, -0.2) is 9.97 Å². The molecule has 0 amide bonds. The maximum atomic E-state index is 13.9. The van der Waals surface area contributed by atoms with Crippen molar-refractivity contribution in [2.45, 2.75) is 25.7 Å². The van der Waals surface area contributed by atoms with Crippen LogP contribution in [0.25, 0.3) is 11.3 Å². The van der Waals surface area contributed by atoms with Gasteiger partial charge in [-0.05, 0) is 25.8 Å². The summed E-state index contributed by atoms with van der Waals surface area (Å²) in [6.07, 6.45) is 2.00. The maximum absolute atomic E-state index is 13.9. The summed E-state index contributed by atoms with van der Waals surface area (Å²) in [7, 11) is 0. The molecular formula is C14H11F3N2S. The predicted octanol–water partition coefficient (Wildman–Crippen LogP) is 4.41. The largest absolute Gasteiger partial charge is 0.343 e. The van der Waals surface area contributed by atoms with E-state index in [1.165, 1.54) is 0 Å². The summed E-state index contributed by atoms with van der Waals surface area (Å²) in [6, 6.07) is 1.38. The van der Waals surface area contributed by atoms with E-state index in [4.69, 9.17) is 12.2 Å². The van der Waals surface area contributed by atoms with Gasteiger partial charge in [-0.25, -0.2) is 18.2 Å². The molecule has 104 valence electrons. The normalized spacial score (nSPS) is 14.6. The molecule has 1 N–H and O–H groups in total. The molecule has 0 unspecified atom stereocenters. The molecular weight excluding hydrogens is 285 g/mol. The van der Waals surface area contributed by atoms with E-state index in [1.807, 2.05) is 0 Å². The molecule has 0 aliphatic heterocycles. The van der Waals surface area contributed by atoms with E-state index in [1.54, 1.807) is 6.92 Å². The number of benzene rings is 1. The van der Waals surface area contributed by atoms with Crippen LogP contribution < -0.4 is 0 Å². The molecule has 1 aromatic carbocycles. The van der Waals surface area contributed by atoms with Gasteiger partial charge in [-0.1, -0.05) is 12.2 Å². The zero-order chi connectivity index (χ0) is 14.4. The molecule has 3 rings (SSSR count). The topological polar surface area (TPSA) is 28.7 Å². The van der Waals surface area contributed by atoms with Gasteiger partial charge in [0.05, 0.1) is 5.69 Å². The van der Waals surface area contributed by atoms with Crippen molar-refractivity contribution < 1.29 is 13.2 Å². The summed E-state index contributed by atoms with van der Waals surface area (Å²) in [6.45, 7) is 1.68. The minimum Gasteiger partial charge on any atom is -0.343 e. The lowest BCUT2D eigenvalue weighted by molar-refractivity contribution is 0.496. The van der Waals surface area contributed by atoms with E-state index in [0.29, 0.717) is 33.7 Å². The number of aromatic nitrogens is 2. The molecule has 0 radical (unpaired) electrons. The first-order valence-corrected chi connectivity index (χ1v) is 6.64. The Hall–Kier alpha value is -1.69. The number of H-pyrrole nitrogens is 1. The number of rotatable bonds is 2. The summed E-state index contributed by atoms with van der Waals surface area (Å²) >= 11 is 5.16. The van der Waals surface area contributed by atoms with Crippen LogP contribution in [0.2, 0.25) is 0 Å². The smallest absolute Gasteiger partial charge is 0.161 e. The predicted molar refractivity (Wildman–Crippen MR) is 71.4 cm³/mol. The number of hydrogen-bond acceptors (Lipinski definition) is 2. The average Bonchev–Trinajstić information content (AvgIpc) is 3.21. The fourth-order valence-corrected chi connectivity index (χ4v) is 2.28. The molecule has 6 heteroatoms. The second-order valence-electron chi connectivity index (χ2n) is 4.95. The Kier molecular flexibility index (Phi) is 3.12. The molecule has 0 spiro atoms. The van der Waals surface area contributed by atoms with Crippen molar-refractivity contribution >= 4 is 12.2 Å². The van der Waals surface area contributed by atoms with Crippen molar-refractivity contribution in [3.05, 3.63) is 45.6 Å². The van der Waals surface area contributed by atoms with Crippen LogP contribution in [0.5, 0.6) is 0 Å². The third-order valence-electron chi connectivity index (χ3n) is 3.41. The molecule has 0 saturated heterocycles. The van der Waals surface area contributed by atoms with E-state index >= 15 is 0 Å². The Morgan fingerprint density at radius 3 is 2.45 bits per heavy atom. The third kappa shape index (κ3) is 2.24. The van der Waals surface area contributed by atoms with E-state index in [0.717, 1.165) is 18.9 Å². The van der Waals surface area contributed by atoms with Crippen LogP contribution in [0.3, 0.4) is 0 Å². The second-order valence-corrected chi connectivity index (χ2v) is 5.33. The lowest BCUT2D eigenvalue weighted by Crippen LogP contribution is -2.01. The molecule has 2 aromatic rings. The number of hydrogen-bond donors (Lipinski definition) is 1. The van der Waals surface area contributed by atoms with Gasteiger partial charge in [0.1, 0.15) is 16.3 Å². The highest BCUT2D eigenvalue weighted by Gasteiger charge is 2.27. The summed E-state index contributed by atoms with van der Waals surface area (Å²) in [5.41, 5.74) is 0.884. The van der Waals surface area contributed by atoms with Crippen LogP contribution >= 0.6 is 12.2 Å². The van der Waals surface area contributed by atoms with Gasteiger partial charge in [0.25, 0.3) is 0 Å². The Balaban J connectivity index is 2.23. The van der Waals surface area contributed by atoms with Gasteiger partial charge >= 0.3 is 0 Å². The summed E-state index contributed by atoms with van der Waals surface area (Å²) in [4.78, 5) is 7.27. The standard InChI is InChI=1S/C14H11F3N2S/c1-6-12(8-4-10(16)11(17)5-9(8)15)18-13(7-2-3-7)19-14(6)20/h4-5,7H,2-3H2,1H3,(H,18,19,20). The van der Waals surface area contributed by atoms with Crippen LogP contribution in [0, 0.1) is 29.0 Å². The molecule has 0 atom stereocenters. The summed E-state index contributed by atoms with van der Waals surface area (Å²) in [5.74, 6) is -2.15. The number of nitrogens with zero attached hydrogens (tertiary/aromatic N) is 1. The Labute approximate surface area is 118 Å². The first-order chi connectivity index (χ1) is 9.47. The lowest BCUT2D eigenvalue weighted by Gasteiger charge is -2.10. The summed E-state index contributed by atoms with van der Waals surface area (Å²) in [5, 5.41) is 0. The zero-order valence-electron chi connectivity index (χ0n) is 10.6. The molecule has 1 fully saturated rings. The fourth-order valence-electron chi connectivity index (χ4n) is 2.08. The van der Waals surface area contributed by atoms with Crippen molar-refractivity contribution in [1.29, 1.82) is 0 Å². The second kappa shape index (κ2) is 4.70. The van der Waals surface area contributed by atoms with Crippen molar-refractivity contribution in [3.8, 4) is 11.3 Å². The van der Waals surface area contributed by atoms with E-state index < -0.39 is 17.5 Å². The highest BCUT2D eigenvalue weighted by Crippen LogP contribution is 2.39. The lowest BCUT2D eigenvalue weighted by atomic mass is 10.1. The highest BCUT2D eigenvalue weighted by atomic mass is 32.1. The van der Waals surface area contributed by atoms with Crippen LogP contribution in [0.4, 0.5) is 13.2 Å². The van der Waals surface area contributed by atoms with Crippen molar-refractivity contribution in [3.63, 3.8) is 0 Å². The molecule has 20 heavy (non-hydrogen) atoms. The Bertz CT molecular complexity index is 751. The Morgan fingerprint density at radius 1 is 1.15 bits per heavy atom. The minimum atomic E-state index is -1.21. The molecule has 1 aliphatic rings. The van der Waals surface area contributed by atoms with Crippen molar-refractivity contribution in [2.24, 2.45) is 0 Å². The van der Waals surface area contributed by atoms with Gasteiger partial charge in [-0.15, -0.1) is 0 Å². The highest BCUT2D eigenvalue weighted by molar-refractivity contribution is 7.71. The van der Waals surface area contributed by atoms with Gasteiger partial charge in [0.15, 0.2) is 11.6 Å². The van der Waals surface area contributed by atoms with E-state index in [2.05, 4.69) is 9.97 Å². The molecule has 1 saturated carbocycles. The first kappa shape index (κ1) is 13.3. The van der Waals surface area contributed by atoms with Gasteiger partial charge in [-0.2, -0.15) is 0 Å². The van der Waals surface area contributed by atoms with Crippen molar-refractivity contribution in [1.82, 2.24) is 9.97 Å². The van der Waals surface area contributed by atoms with Gasteiger partial charge < -0.3 is 4.98 Å². The maximum Gasteiger partial charge on any atom is 0.161 e. The first-order valence-electron chi connectivity index (χ1n) is 6.23. The van der Waals surface area contributed by atoms with Crippen LogP contribution in [0.15, 0.2) is 12.1 Å². The Morgan fingerprint density at radius 2 is 1.80 bits per heavy atom. The fraction of sp³-hybridized carbons (Fsp3) is 0.286. The van der Waals surface area contributed by atoms with E-state index in [-0.39, 0.29) is 5.56 Å². The zero-order valence-corrected chi connectivity index (χ0v) is 11.5. The summed E-state index contributed by atoms with van der Waals surface area (Å²) < 4.78 is 40.6. The van der Waals surface area contributed by atoms with Gasteiger partial charge in [0.2, 0.25) is 0 Å². The molecule has 1 aromatic heterocycles. The van der Waals surface area contributed by atoms with Crippen molar-refractivity contribution in [2.75, 3.05) is 0 Å². The van der Waals surface area contributed by atoms with Gasteiger partial charge in [-0.3, -0.25) is 0 Å². The van der Waals surface area contributed by atoms with E-state index in [9.17, 15) is 13.2 Å². The third-order valence-corrected chi connectivity index (χ3v) is 3.81. The minimum absolute atomic E-state index is 0.0307.